The number of hydrogen-bond acceptors (Lipinski definition) is 21. The van der Waals surface area contributed by atoms with Crippen molar-refractivity contribution in [1.29, 1.82) is 0 Å². The number of hydrogen-bond donors (Lipinski definition) is 7. The van der Waals surface area contributed by atoms with E-state index in [1.165, 1.54) is 94.2 Å². The first-order valence-corrected chi connectivity index (χ1v) is 19.5. The third-order valence-electron chi connectivity index (χ3n) is 9.81. The summed E-state index contributed by atoms with van der Waals surface area (Å²) in [5.41, 5.74) is 1.15. The van der Waals surface area contributed by atoms with Crippen molar-refractivity contribution < 1.29 is 102 Å². The summed E-state index contributed by atoms with van der Waals surface area (Å²) in [5, 5.41) is 73.4. The van der Waals surface area contributed by atoms with E-state index in [9.17, 15) is 54.9 Å². The molecule has 0 amide bonds. The van der Waals surface area contributed by atoms with Crippen LogP contribution in [0, 0.1) is 0 Å². The Hall–Kier alpha value is -6.72. The van der Waals surface area contributed by atoms with Crippen molar-refractivity contribution in [3.05, 3.63) is 89.5 Å². The Labute approximate surface area is 370 Å². The van der Waals surface area contributed by atoms with E-state index in [0.717, 1.165) is 25.2 Å². The monoisotopic (exact) mass is 912 g/mol. The smallest absolute Gasteiger partial charge is 0.331 e. The molecule has 65 heavy (non-hydrogen) atoms. The standard InChI is InChI=1S/C44H48O21/c1-23(46)61-41-40(55)38(53)33(20-45)62-43(41)65-44(22-60-36(51)15-9-25-6-12-28(48)31(18-25)57-3)42(63-37(52)16-10-26-7-13-29(49)32(19-26)58-4)39(54)34(64-44)21-59-35(50)14-8-24-5-11-27(47)30(17-24)56-2/h5-19,33-34,38-43,45,47-49,53-55H,20-22H2,1-4H3/t33-,34-,38-,39-,40+,41-,42+,43-,44+/m1/s1. The molecule has 0 unspecified atom stereocenters. The molecular formula is C44H48O21. The summed E-state index contributed by atoms with van der Waals surface area (Å²) in [5.74, 6) is -7.12. The number of carbonyl (C=O) groups is 4. The Bertz CT molecular complexity index is 2250. The lowest BCUT2D eigenvalue weighted by molar-refractivity contribution is -0.383. The molecular weight excluding hydrogens is 864 g/mol. The van der Waals surface area contributed by atoms with E-state index >= 15 is 0 Å². The van der Waals surface area contributed by atoms with Crippen LogP contribution in [0.5, 0.6) is 34.5 Å². The van der Waals surface area contributed by atoms with Crippen molar-refractivity contribution in [3.63, 3.8) is 0 Å². The van der Waals surface area contributed by atoms with Crippen molar-refractivity contribution >= 4 is 42.1 Å². The zero-order valence-corrected chi connectivity index (χ0v) is 35.2. The largest absolute Gasteiger partial charge is 0.504 e. The van der Waals surface area contributed by atoms with Crippen LogP contribution < -0.4 is 14.2 Å². The maximum absolute atomic E-state index is 13.6. The Kier molecular flexibility index (Phi) is 16.9. The summed E-state index contributed by atoms with van der Waals surface area (Å²) in [6.07, 6.45) is -8.23. The Morgan fingerprint density at radius 2 is 1.12 bits per heavy atom. The van der Waals surface area contributed by atoms with Crippen molar-refractivity contribution in [1.82, 2.24) is 0 Å². The van der Waals surface area contributed by atoms with Crippen molar-refractivity contribution in [2.45, 2.75) is 61.7 Å². The molecule has 21 nitrogen and oxygen atoms in total. The highest BCUT2D eigenvalue weighted by Crippen LogP contribution is 2.40. The highest BCUT2D eigenvalue weighted by molar-refractivity contribution is 5.88. The van der Waals surface area contributed by atoms with Gasteiger partial charge in [0, 0.05) is 25.2 Å². The van der Waals surface area contributed by atoms with Crippen molar-refractivity contribution in [3.8, 4) is 34.5 Å². The van der Waals surface area contributed by atoms with E-state index in [1.54, 1.807) is 0 Å². The average Bonchev–Trinajstić information content (AvgIpc) is 3.54. The van der Waals surface area contributed by atoms with Crippen LogP contribution in [0.3, 0.4) is 0 Å². The quantitative estimate of drug-likeness (QED) is 0.0534. The van der Waals surface area contributed by atoms with Gasteiger partial charge in [0.25, 0.3) is 0 Å². The first-order valence-electron chi connectivity index (χ1n) is 19.5. The molecule has 0 radical (unpaired) electrons. The topological polar surface area (TPSA) is 302 Å². The van der Waals surface area contributed by atoms with Crippen LogP contribution >= 0.6 is 0 Å². The fourth-order valence-electron chi connectivity index (χ4n) is 6.53. The van der Waals surface area contributed by atoms with Gasteiger partial charge in [0.05, 0.1) is 27.9 Å². The van der Waals surface area contributed by atoms with Crippen LogP contribution in [0.2, 0.25) is 0 Å². The third-order valence-corrected chi connectivity index (χ3v) is 9.81. The van der Waals surface area contributed by atoms with Crippen LogP contribution in [0.25, 0.3) is 18.2 Å². The molecule has 21 heteroatoms. The molecule has 7 N–H and O–H groups in total. The zero-order valence-electron chi connectivity index (χ0n) is 35.2. The van der Waals surface area contributed by atoms with Crippen LogP contribution in [0.4, 0.5) is 0 Å². The van der Waals surface area contributed by atoms with Gasteiger partial charge >= 0.3 is 23.9 Å². The van der Waals surface area contributed by atoms with Gasteiger partial charge in [-0.25, -0.2) is 14.4 Å². The maximum atomic E-state index is 13.6. The van der Waals surface area contributed by atoms with Crippen LogP contribution in [-0.2, 0) is 52.3 Å². The highest BCUT2D eigenvalue weighted by Gasteiger charge is 2.62. The third kappa shape index (κ3) is 12.5. The number of benzene rings is 3. The lowest BCUT2D eigenvalue weighted by Crippen LogP contribution is -2.64. The number of rotatable bonds is 18. The summed E-state index contributed by atoms with van der Waals surface area (Å²) < 4.78 is 55.1. The lowest BCUT2D eigenvalue weighted by Gasteiger charge is -2.44. The molecule has 9 atom stereocenters. The number of methoxy groups -OCH3 is 3. The first-order chi connectivity index (χ1) is 31.0. The van der Waals surface area contributed by atoms with E-state index in [2.05, 4.69) is 0 Å². The number of esters is 4. The first kappa shape index (κ1) is 49.3. The van der Waals surface area contributed by atoms with Crippen molar-refractivity contribution in [2.75, 3.05) is 41.2 Å². The summed E-state index contributed by atoms with van der Waals surface area (Å²) in [7, 11) is 3.97. The molecule has 0 aliphatic carbocycles. The normalized spacial score (nSPS) is 25.4. The molecule has 2 fully saturated rings. The Morgan fingerprint density at radius 1 is 0.646 bits per heavy atom. The van der Waals surface area contributed by atoms with Gasteiger partial charge in [-0.1, -0.05) is 18.2 Å². The van der Waals surface area contributed by atoms with Gasteiger partial charge in [-0.3, -0.25) is 4.79 Å². The summed E-state index contributed by atoms with van der Waals surface area (Å²) in [4.78, 5) is 52.1. The SMILES string of the molecule is COc1cc(C=CC(=O)OC[C@H]2O[C@@](COC(=O)C=Cc3ccc(O)c(OC)c3)(O[C@H]3O[C@H](CO)[C@@H](O)[C@H](O)[C@H]3OC(C)=O)[C@@H](OC(=O)C=Cc3ccc(O)c(OC)c3)[C@@H]2O)ccc1O. The number of carbonyl (C=O) groups excluding carboxylic acids is 4. The maximum Gasteiger partial charge on any atom is 0.331 e. The minimum atomic E-state index is -2.70. The molecule has 3 aromatic carbocycles. The van der Waals surface area contributed by atoms with Crippen LogP contribution in [-0.4, -0.2) is 156 Å². The summed E-state index contributed by atoms with van der Waals surface area (Å²) >= 11 is 0. The van der Waals surface area contributed by atoms with Crippen molar-refractivity contribution in [2.24, 2.45) is 0 Å². The van der Waals surface area contributed by atoms with Gasteiger partial charge in [-0.05, 0) is 71.3 Å². The zero-order chi connectivity index (χ0) is 47.4. The molecule has 0 spiro atoms. The molecule has 3 aromatic rings. The molecule has 2 aliphatic rings. The molecule has 2 heterocycles. The van der Waals surface area contributed by atoms with Gasteiger partial charge in [-0.2, -0.15) is 0 Å². The fourth-order valence-corrected chi connectivity index (χ4v) is 6.53. The number of ether oxygens (including phenoxy) is 10. The average molecular weight is 913 g/mol. The van der Waals surface area contributed by atoms with E-state index in [-0.39, 0.29) is 34.5 Å². The molecule has 2 aliphatic heterocycles. The number of aliphatic hydroxyl groups is 4. The van der Waals surface area contributed by atoms with Gasteiger partial charge in [0.15, 0.2) is 46.7 Å². The minimum Gasteiger partial charge on any atom is -0.504 e. The predicted molar refractivity (Wildman–Crippen MR) is 221 cm³/mol. The second-order valence-electron chi connectivity index (χ2n) is 14.2. The Balaban J connectivity index is 1.51. The number of aliphatic hydroxyl groups excluding tert-OH is 4. The summed E-state index contributed by atoms with van der Waals surface area (Å²) in [6, 6.07) is 12.6. The summed E-state index contributed by atoms with van der Waals surface area (Å²) in [6.45, 7) is -1.79. The molecule has 0 aromatic heterocycles. The number of phenolic OH excluding ortho intramolecular Hbond substituents is 3. The minimum absolute atomic E-state index is 0.0753. The molecule has 0 bridgehead atoms. The predicted octanol–water partition coefficient (Wildman–Crippen LogP) is 1.11. The molecule has 350 valence electrons. The lowest BCUT2D eigenvalue weighted by atomic mass is 9.98. The number of phenols is 3. The molecule has 5 rings (SSSR count). The second-order valence-corrected chi connectivity index (χ2v) is 14.2. The number of aromatic hydroxyl groups is 3. The van der Waals surface area contributed by atoms with Gasteiger partial charge in [0.2, 0.25) is 12.1 Å². The molecule has 2 saturated heterocycles. The van der Waals surface area contributed by atoms with E-state index in [1.807, 2.05) is 0 Å². The fraction of sp³-hybridized carbons (Fsp3) is 0.364. The van der Waals surface area contributed by atoms with E-state index < -0.39 is 98.5 Å². The van der Waals surface area contributed by atoms with E-state index in [4.69, 9.17) is 47.4 Å². The van der Waals surface area contributed by atoms with Gasteiger partial charge in [0.1, 0.15) is 43.7 Å². The Morgan fingerprint density at radius 3 is 1.58 bits per heavy atom. The van der Waals surface area contributed by atoms with E-state index in [0.29, 0.717) is 16.7 Å². The van der Waals surface area contributed by atoms with Gasteiger partial charge in [-0.15, -0.1) is 0 Å². The van der Waals surface area contributed by atoms with Gasteiger partial charge < -0.3 is 83.1 Å². The second kappa shape index (κ2) is 22.3. The molecule has 0 saturated carbocycles. The highest BCUT2D eigenvalue weighted by atomic mass is 16.8. The van der Waals surface area contributed by atoms with Crippen LogP contribution in [0.1, 0.15) is 23.6 Å². The van der Waals surface area contributed by atoms with Crippen LogP contribution in [0.15, 0.2) is 72.8 Å².